The molecule has 4 nitrogen and oxygen atoms in total. The van der Waals surface area contributed by atoms with Crippen molar-refractivity contribution in [3.05, 3.63) is 42.0 Å². The van der Waals surface area contributed by atoms with Crippen LogP contribution < -0.4 is 5.73 Å². The molecule has 2 N–H and O–H groups in total. The molecule has 0 saturated heterocycles. The van der Waals surface area contributed by atoms with Crippen molar-refractivity contribution in [3.63, 3.8) is 0 Å². The molecule has 0 spiro atoms. The number of aryl methyl sites for hydroxylation is 1. The molecule has 1 aromatic carbocycles. The van der Waals surface area contributed by atoms with E-state index in [1.54, 1.807) is 12.7 Å². The van der Waals surface area contributed by atoms with Crippen LogP contribution in [0.25, 0.3) is 5.69 Å². The third-order valence-electron chi connectivity index (χ3n) is 2.27. The maximum absolute atomic E-state index is 5.63. The molecule has 0 unspecified atom stereocenters. The lowest BCUT2D eigenvalue weighted by molar-refractivity contribution is 1.01. The summed E-state index contributed by atoms with van der Waals surface area (Å²) in [5.41, 5.74) is 9.04. The predicted molar refractivity (Wildman–Crippen MR) is 54.0 cm³/mol. The van der Waals surface area contributed by atoms with Gasteiger partial charge in [0.25, 0.3) is 0 Å². The Hall–Kier alpha value is -1.68. The van der Waals surface area contributed by atoms with E-state index >= 15 is 0 Å². The van der Waals surface area contributed by atoms with Crippen molar-refractivity contribution in [2.24, 2.45) is 5.73 Å². The topological polar surface area (TPSA) is 56.7 Å². The van der Waals surface area contributed by atoms with Crippen LogP contribution in [-0.2, 0) is 6.54 Å². The zero-order chi connectivity index (χ0) is 9.97. The van der Waals surface area contributed by atoms with Gasteiger partial charge < -0.3 is 5.73 Å². The van der Waals surface area contributed by atoms with Gasteiger partial charge in [-0.1, -0.05) is 6.07 Å². The van der Waals surface area contributed by atoms with E-state index in [0.29, 0.717) is 6.54 Å². The van der Waals surface area contributed by atoms with E-state index in [-0.39, 0.29) is 0 Å². The molecular weight excluding hydrogens is 176 g/mol. The highest BCUT2D eigenvalue weighted by Crippen LogP contribution is 2.13. The molecule has 0 aliphatic rings. The van der Waals surface area contributed by atoms with Gasteiger partial charge >= 0.3 is 0 Å². The molecule has 4 heteroatoms. The fraction of sp³-hybridized carbons (Fsp3) is 0.200. The lowest BCUT2D eigenvalue weighted by Gasteiger charge is -2.06. The lowest BCUT2D eigenvalue weighted by atomic mass is 10.1. The highest BCUT2D eigenvalue weighted by Gasteiger charge is 2.00. The van der Waals surface area contributed by atoms with Gasteiger partial charge in [-0.15, -0.1) is 10.2 Å². The number of hydrogen-bond donors (Lipinski definition) is 1. The first-order valence-corrected chi connectivity index (χ1v) is 4.46. The molecule has 14 heavy (non-hydrogen) atoms. The van der Waals surface area contributed by atoms with E-state index in [1.807, 2.05) is 10.6 Å². The first-order chi connectivity index (χ1) is 6.81. The summed E-state index contributed by atoms with van der Waals surface area (Å²) in [4.78, 5) is 0. The van der Waals surface area contributed by atoms with Crippen LogP contribution in [0.2, 0.25) is 0 Å². The van der Waals surface area contributed by atoms with Crippen molar-refractivity contribution in [2.45, 2.75) is 13.5 Å². The van der Waals surface area contributed by atoms with E-state index < -0.39 is 0 Å². The van der Waals surface area contributed by atoms with Gasteiger partial charge in [0.2, 0.25) is 0 Å². The summed E-state index contributed by atoms with van der Waals surface area (Å²) in [6.45, 7) is 2.61. The Morgan fingerprint density at radius 1 is 1.29 bits per heavy atom. The maximum atomic E-state index is 5.63. The second kappa shape index (κ2) is 3.59. The smallest absolute Gasteiger partial charge is 0.123 e. The standard InChI is InChI=1S/C10H12N4/c1-8-2-3-10(4-9(8)5-11)14-6-12-13-7-14/h2-4,6-7H,5,11H2,1H3. The molecule has 0 saturated carbocycles. The van der Waals surface area contributed by atoms with E-state index in [0.717, 1.165) is 11.3 Å². The Kier molecular flexibility index (Phi) is 2.28. The summed E-state index contributed by atoms with van der Waals surface area (Å²) >= 11 is 0. The Labute approximate surface area is 82.4 Å². The van der Waals surface area contributed by atoms with Gasteiger partial charge in [-0.2, -0.15) is 0 Å². The fourth-order valence-corrected chi connectivity index (χ4v) is 1.37. The molecule has 0 radical (unpaired) electrons. The average molecular weight is 188 g/mol. The SMILES string of the molecule is Cc1ccc(-n2cnnc2)cc1CN. The molecule has 0 atom stereocenters. The monoisotopic (exact) mass is 188 g/mol. The Morgan fingerprint density at radius 3 is 2.64 bits per heavy atom. The minimum Gasteiger partial charge on any atom is -0.326 e. The normalized spacial score (nSPS) is 10.4. The summed E-state index contributed by atoms with van der Waals surface area (Å²) in [7, 11) is 0. The van der Waals surface area contributed by atoms with Gasteiger partial charge in [0.15, 0.2) is 0 Å². The van der Waals surface area contributed by atoms with Crippen molar-refractivity contribution in [1.29, 1.82) is 0 Å². The van der Waals surface area contributed by atoms with Gasteiger partial charge in [-0.25, -0.2) is 0 Å². The van der Waals surface area contributed by atoms with Crippen molar-refractivity contribution in [2.75, 3.05) is 0 Å². The molecule has 0 bridgehead atoms. The fourth-order valence-electron chi connectivity index (χ4n) is 1.37. The number of aromatic nitrogens is 3. The molecule has 1 aromatic heterocycles. The van der Waals surface area contributed by atoms with Crippen molar-refractivity contribution >= 4 is 0 Å². The van der Waals surface area contributed by atoms with E-state index in [2.05, 4.69) is 29.3 Å². The third kappa shape index (κ3) is 1.52. The van der Waals surface area contributed by atoms with Crippen LogP contribution in [0.15, 0.2) is 30.9 Å². The van der Waals surface area contributed by atoms with Gasteiger partial charge in [0.1, 0.15) is 12.7 Å². The van der Waals surface area contributed by atoms with Crippen LogP contribution >= 0.6 is 0 Å². The molecule has 1 heterocycles. The van der Waals surface area contributed by atoms with Crippen LogP contribution in [0.4, 0.5) is 0 Å². The number of rotatable bonds is 2. The molecule has 2 rings (SSSR count). The quantitative estimate of drug-likeness (QED) is 0.766. The maximum Gasteiger partial charge on any atom is 0.123 e. The zero-order valence-corrected chi connectivity index (χ0v) is 8.01. The summed E-state index contributed by atoms with van der Waals surface area (Å²) < 4.78 is 1.86. The molecule has 0 fully saturated rings. The van der Waals surface area contributed by atoms with Crippen molar-refractivity contribution < 1.29 is 0 Å². The number of hydrogen-bond acceptors (Lipinski definition) is 3. The van der Waals surface area contributed by atoms with Crippen LogP contribution in [0.5, 0.6) is 0 Å². The van der Waals surface area contributed by atoms with Gasteiger partial charge in [0, 0.05) is 12.2 Å². The first kappa shape index (κ1) is 8.90. The second-order valence-electron chi connectivity index (χ2n) is 3.18. The highest BCUT2D eigenvalue weighted by molar-refractivity contribution is 5.39. The number of nitrogens with two attached hydrogens (primary N) is 1. The van der Waals surface area contributed by atoms with Crippen LogP contribution in [-0.4, -0.2) is 14.8 Å². The van der Waals surface area contributed by atoms with E-state index in [1.165, 1.54) is 5.56 Å². The van der Waals surface area contributed by atoms with Crippen LogP contribution in [0.1, 0.15) is 11.1 Å². The van der Waals surface area contributed by atoms with Crippen LogP contribution in [0, 0.1) is 6.92 Å². The summed E-state index contributed by atoms with van der Waals surface area (Å²) in [6, 6.07) is 6.13. The van der Waals surface area contributed by atoms with Gasteiger partial charge in [-0.3, -0.25) is 4.57 Å². The Morgan fingerprint density at radius 2 is 2.00 bits per heavy atom. The molecule has 2 aromatic rings. The molecule has 0 aliphatic carbocycles. The molecule has 0 amide bonds. The first-order valence-electron chi connectivity index (χ1n) is 4.46. The minimum absolute atomic E-state index is 0.557. The Bertz CT molecular complexity index is 420. The zero-order valence-electron chi connectivity index (χ0n) is 8.01. The second-order valence-corrected chi connectivity index (χ2v) is 3.18. The summed E-state index contributed by atoms with van der Waals surface area (Å²) in [6.07, 6.45) is 3.34. The van der Waals surface area contributed by atoms with E-state index in [4.69, 9.17) is 5.73 Å². The largest absolute Gasteiger partial charge is 0.326 e. The lowest BCUT2D eigenvalue weighted by Crippen LogP contribution is -2.01. The molecular formula is C10H12N4. The number of benzene rings is 1. The van der Waals surface area contributed by atoms with Crippen LogP contribution in [0.3, 0.4) is 0 Å². The number of nitrogens with zero attached hydrogens (tertiary/aromatic N) is 3. The molecule has 72 valence electrons. The highest BCUT2D eigenvalue weighted by atomic mass is 15.2. The minimum atomic E-state index is 0.557. The van der Waals surface area contributed by atoms with Gasteiger partial charge in [-0.05, 0) is 30.2 Å². The molecule has 0 aliphatic heterocycles. The van der Waals surface area contributed by atoms with Gasteiger partial charge in [0.05, 0.1) is 0 Å². The van der Waals surface area contributed by atoms with E-state index in [9.17, 15) is 0 Å². The predicted octanol–water partition coefficient (Wildman–Crippen LogP) is 1.03. The summed E-state index contributed by atoms with van der Waals surface area (Å²) in [5, 5.41) is 7.52. The average Bonchev–Trinajstić information content (AvgIpc) is 2.71. The third-order valence-corrected chi connectivity index (χ3v) is 2.27. The summed E-state index contributed by atoms with van der Waals surface area (Å²) in [5.74, 6) is 0. The Balaban J connectivity index is 2.46. The van der Waals surface area contributed by atoms with Crippen molar-refractivity contribution in [1.82, 2.24) is 14.8 Å². The van der Waals surface area contributed by atoms with Crippen molar-refractivity contribution in [3.8, 4) is 5.69 Å².